The second kappa shape index (κ2) is 9.05. The van der Waals surface area contributed by atoms with E-state index in [1.807, 2.05) is 37.3 Å². The first-order chi connectivity index (χ1) is 11.6. The molecule has 0 spiro atoms. The van der Waals surface area contributed by atoms with Gasteiger partial charge in [-0.3, -0.25) is 14.4 Å². The van der Waals surface area contributed by atoms with Crippen LogP contribution >= 0.6 is 0 Å². The Labute approximate surface area is 142 Å². The van der Waals surface area contributed by atoms with Crippen molar-refractivity contribution >= 4 is 17.7 Å². The standard InChI is InChI=1S/C18H25N3O3/c1-2-3-9-19-16(22)11-20-17(23)13-21-12-15(10-18(21)24)14-7-5-4-6-8-14/h4-8,15H,2-3,9-13H2,1H3,(H,19,22)(H,20,23)/t15-/m0/s1. The van der Waals surface area contributed by atoms with Gasteiger partial charge in [0.15, 0.2) is 0 Å². The smallest absolute Gasteiger partial charge is 0.240 e. The van der Waals surface area contributed by atoms with Gasteiger partial charge in [-0.2, -0.15) is 0 Å². The SMILES string of the molecule is CCCCNC(=O)CNC(=O)CN1C[C@@H](c2ccccc2)CC1=O. The zero-order valence-corrected chi connectivity index (χ0v) is 14.1. The van der Waals surface area contributed by atoms with Crippen molar-refractivity contribution in [3.8, 4) is 0 Å². The van der Waals surface area contributed by atoms with Crippen LogP contribution in [0.15, 0.2) is 30.3 Å². The average Bonchev–Trinajstić information content (AvgIpc) is 2.95. The molecule has 0 unspecified atom stereocenters. The normalized spacial score (nSPS) is 17.0. The summed E-state index contributed by atoms with van der Waals surface area (Å²) in [5.41, 5.74) is 1.11. The van der Waals surface area contributed by atoms with E-state index in [0.29, 0.717) is 19.5 Å². The molecule has 2 rings (SSSR count). The minimum atomic E-state index is -0.303. The third-order valence-electron chi connectivity index (χ3n) is 4.12. The summed E-state index contributed by atoms with van der Waals surface area (Å²) in [4.78, 5) is 37.1. The number of unbranched alkanes of at least 4 members (excludes halogenated alkanes) is 1. The highest BCUT2D eigenvalue weighted by Gasteiger charge is 2.31. The van der Waals surface area contributed by atoms with Gasteiger partial charge in [-0.05, 0) is 12.0 Å². The molecule has 1 heterocycles. The second-order valence-electron chi connectivity index (χ2n) is 6.07. The zero-order chi connectivity index (χ0) is 17.4. The Morgan fingerprint density at radius 1 is 1.17 bits per heavy atom. The van der Waals surface area contributed by atoms with Crippen molar-refractivity contribution in [2.24, 2.45) is 0 Å². The number of amides is 3. The summed E-state index contributed by atoms with van der Waals surface area (Å²) in [6.45, 7) is 3.16. The fourth-order valence-corrected chi connectivity index (χ4v) is 2.75. The molecule has 0 bridgehead atoms. The average molecular weight is 331 g/mol. The summed E-state index contributed by atoms with van der Waals surface area (Å²) in [6, 6.07) is 9.85. The minimum absolute atomic E-state index is 0.00437. The van der Waals surface area contributed by atoms with Crippen LogP contribution in [0.1, 0.15) is 37.7 Å². The van der Waals surface area contributed by atoms with Gasteiger partial charge in [0.2, 0.25) is 17.7 Å². The van der Waals surface area contributed by atoms with E-state index in [4.69, 9.17) is 0 Å². The summed E-state index contributed by atoms with van der Waals surface area (Å²) < 4.78 is 0. The van der Waals surface area contributed by atoms with Crippen LogP contribution in [0.25, 0.3) is 0 Å². The van der Waals surface area contributed by atoms with Crippen LogP contribution in [-0.4, -0.2) is 48.8 Å². The van der Waals surface area contributed by atoms with Crippen LogP contribution in [0.5, 0.6) is 0 Å². The van der Waals surface area contributed by atoms with E-state index in [1.165, 1.54) is 0 Å². The predicted molar refractivity (Wildman–Crippen MR) is 91.3 cm³/mol. The van der Waals surface area contributed by atoms with Gasteiger partial charge in [-0.15, -0.1) is 0 Å². The molecule has 6 nitrogen and oxygen atoms in total. The molecule has 1 aromatic rings. The van der Waals surface area contributed by atoms with Crippen molar-refractivity contribution < 1.29 is 14.4 Å². The van der Waals surface area contributed by atoms with Crippen molar-refractivity contribution in [2.45, 2.75) is 32.1 Å². The van der Waals surface area contributed by atoms with Crippen molar-refractivity contribution in [3.63, 3.8) is 0 Å². The van der Waals surface area contributed by atoms with E-state index in [1.54, 1.807) is 4.90 Å². The Hall–Kier alpha value is -2.37. The maximum atomic E-state index is 12.1. The summed E-state index contributed by atoms with van der Waals surface area (Å²) in [7, 11) is 0. The summed E-state index contributed by atoms with van der Waals surface area (Å²) in [6.07, 6.45) is 2.35. The number of hydrogen-bond donors (Lipinski definition) is 2. The van der Waals surface area contributed by atoms with E-state index in [2.05, 4.69) is 10.6 Å². The van der Waals surface area contributed by atoms with Crippen molar-refractivity contribution in [1.29, 1.82) is 0 Å². The van der Waals surface area contributed by atoms with Crippen molar-refractivity contribution in [1.82, 2.24) is 15.5 Å². The fourth-order valence-electron chi connectivity index (χ4n) is 2.75. The molecule has 0 saturated carbocycles. The largest absolute Gasteiger partial charge is 0.355 e. The highest BCUT2D eigenvalue weighted by Crippen LogP contribution is 2.27. The van der Waals surface area contributed by atoms with Gasteiger partial charge < -0.3 is 15.5 Å². The molecule has 130 valence electrons. The molecule has 1 saturated heterocycles. The van der Waals surface area contributed by atoms with Crippen LogP contribution in [0.3, 0.4) is 0 Å². The molecule has 0 aliphatic carbocycles. The Morgan fingerprint density at radius 2 is 1.92 bits per heavy atom. The highest BCUT2D eigenvalue weighted by atomic mass is 16.2. The molecule has 0 aromatic heterocycles. The van der Waals surface area contributed by atoms with Gasteiger partial charge in [-0.25, -0.2) is 0 Å². The Balaban J connectivity index is 1.74. The van der Waals surface area contributed by atoms with E-state index < -0.39 is 0 Å². The number of benzene rings is 1. The van der Waals surface area contributed by atoms with E-state index in [0.717, 1.165) is 18.4 Å². The molecule has 24 heavy (non-hydrogen) atoms. The molecule has 0 radical (unpaired) electrons. The number of nitrogens with zero attached hydrogens (tertiary/aromatic N) is 1. The first-order valence-corrected chi connectivity index (χ1v) is 8.46. The lowest BCUT2D eigenvalue weighted by Crippen LogP contribution is -2.42. The maximum absolute atomic E-state index is 12.1. The lowest BCUT2D eigenvalue weighted by molar-refractivity contribution is -0.133. The van der Waals surface area contributed by atoms with E-state index in [-0.39, 0.29) is 36.7 Å². The second-order valence-corrected chi connectivity index (χ2v) is 6.07. The molecule has 1 fully saturated rings. The fraction of sp³-hybridized carbons (Fsp3) is 0.500. The first kappa shape index (κ1) is 18.0. The highest BCUT2D eigenvalue weighted by molar-refractivity contribution is 5.89. The molecule has 1 aliphatic rings. The van der Waals surface area contributed by atoms with Gasteiger partial charge in [0, 0.05) is 25.4 Å². The summed E-state index contributed by atoms with van der Waals surface area (Å²) in [5.74, 6) is -0.398. The van der Waals surface area contributed by atoms with Crippen molar-refractivity contribution in [3.05, 3.63) is 35.9 Å². The number of carbonyl (C=O) groups excluding carboxylic acids is 3. The molecule has 1 atom stereocenters. The van der Waals surface area contributed by atoms with Gasteiger partial charge in [0.05, 0.1) is 13.1 Å². The predicted octanol–water partition coefficient (Wildman–Crippen LogP) is 1.04. The van der Waals surface area contributed by atoms with Gasteiger partial charge in [0.1, 0.15) is 0 Å². The summed E-state index contributed by atoms with van der Waals surface area (Å²) >= 11 is 0. The monoisotopic (exact) mass is 331 g/mol. The quantitative estimate of drug-likeness (QED) is 0.699. The molecule has 3 amide bonds. The van der Waals surface area contributed by atoms with Crippen LogP contribution in [0.2, 0.25) is 0 Å². The number of nitrogens with one attached hydrogen (secondary N) is 2. The Morgan fingerprint density at radius 3 is 2.62 bits per heavy atom. The van der Waals surface area contributed by atoms with E-state index in [9.17, 15) is 14.4 Å². The van der Waals surface area contributed by atoms with Crippen LogP contribution in [0, 0.1) is 0 Å². The van der Waals surface area contributed by atoms with Gasteiger partial charge >= 0.3 is 0 Å². The van der Waals surface area contributed by atoms with Crippen molar-refractivity contribution in [2.75, 3.05) is 26.2 Å². The van der Waals surface area contributed by atoms with Gasteiger partial charge in [-0.1, -0.05) is 43.7 Å². The van der Waals surface area contributed by atoms with Gasteiger partial charge in [0.25, 0.3) is 0 Å². The number of likely N-dealkylation sites (tertiary alicyclic amines) is 1. The Bertz CT molecular complexity index is 574. The minimum Gasteiger partial charge on any atom is -0.355 e. The molecule has 1 aliphatic heterocycles. The lowest BCUT2D eigenvalue weighted by atomic mass is 9.99. The maximum Gasteiger partial charge on any atom is 0.240 e. The number of rotatable bonds is 8. The van der Waals surface area contributed by atoms with Crippen LogP contribution in [0.4, 0.5) is 0 Å². The first-order valence-electron chi connectivity index (χ1n) is 8.46. The number of hydrogen-bond acceptors (Lipinski definition) is 3. The molecule has 1 aromatic carbocycles. The molecular weight excluding hydrogens is 306 g/mol. The molecular formula is C18H25N3O3. The third-order valence-corrected chi connectivity index (χ3v) is 4.12. The van der Waals surface area contributed by atoms with Crippen LogP contribution in [-0.2, 0) is 14.4 Å². The third kappa shape index (κ3) is 5.37. The Kier molecular flexibility index (Phi) is 6.78. The zero-order valence-electron chi connectivity index (χ0n) is 14.1. The van der Waals surface area contributed by atoms with Crippen LogP contribution < -0.4 is 10.6 Å². The topological polar surface area (TPSA) is 78.5 Å². The number of carbonyl (C=O) groups is 3. The van der Waals surface area contributed by atoms with E-state index >= 15 is 0 Å². The lowest BCUT2D eigenvalue weighted by Gasteiger charge is -2.16. The molecule has 6 heteroatoms. The summed E-state index contributed by atoms with van der Waals surface area (Å²) in [5, 5.41) is 5.30. The molecule has 2 N–H and O–H groups in total.